The molecule has 0 spiro atoms. The van der Waals surface area contributed by atoms with Crippen molar-refractivity contribution in [3.05, 3.63) is 52.8 Å². The van der Waals surface area contributed by atoms with Gasteiger partial charge in [-0.05, 0) is 30.7 Å². The van der Waals surface area contributed by atoms with E-state index in [1.54, 1.807) is 13.3 Å². The Bertz CT molecular complexity index is 543. The Morgan fingerprint density at radius 1 is 1.22 bits per heavy atom. The third kappa shape index (κ3) is 2.93. The van der Waals surface area contributed by atoms with E-state index in [-0.39, 0.29) is 0 Å². The number of hydrogen-bond acceptors (Lipinski definition) is 3. The van der Waals surface area contributed by atoms with Gasteiger partial charge in [0.1, 0.15) is 11.8 Å². The zero-order chi connectivity index (χ0) is 13.0. The molecule has 0 saturated carbocycles. The number of halogens is 1. The fourth-order valence-corrected chi connectivity index (χ4v) is 1.75. The molecule has 0 aliphatic rings. The second kappa shape index (κ2) is 5.74. The van der Waals surface area contributed by atoms with Crippen LogP contribution in [0.25, 0.3) is 0 Å². The normalized spacial score (nSPS) is 10.2. The number of benzene rings is 1. The Labute approximate surface area is 111 Å². The molecule has 0 bridgehead atoms. The number of aromatic nitrogens is 1. The van der Waals surface area contributed by atoms with Crippen LogP contribution in [0.5, 0.6) is 11.5 Å². The average Bonchev–Trinajstić information content (AvgIpc) is 2.39. The first-order valence-corrected chi connectivity index (χ1v) is 5.95. The first kappa shape index (κ1) is 12.7. The fourth-order valence-electron chi connectivity index (χ4n) is 1.58. The largest absolute Gasteiger partial charge is 0.493 e. The summed E-state index contributed by atoms with van der Waals surface area (Å²) in [4.78, 5) is 4.00. The summed E-state index contributed by atoms with van der Waals surface area (Å²) in [7, 11) is 1.62. The van der Waals surface area contributed by atoms with Gasteiger partial charge in [-0.25, -0.2) is 4.98 Å². The molecule has 4 heteroatoms. The molecule has 94 valence electrons. The van der Waals surface area contributed by atoms with Crippen molar-refractivity contribution in [3.63, 3.8) is 0 Å². The van der Waals surface area contributed by atoms with Gasteiger partial charge >= 0.3 is 0 Å². The Kier molecular flexibility index (Phi) is 4.05. The number of aryl methyl sites for hydroxylation is 1. The Morgan fingerprint density at radius 2 is 2.06 bits per heavy atom. The van der Waals surface area contributed by atoms with Crippen molar-refractivity contribution in [2.45, 2.75) is 13.5 Å². The minimum Gasteiger partial charge on any atom is -0.493 e. The van der Waals surface area contributed by atoms with E-state index in [1.807, 2.05) is 37.3 Å². The van der Waals surface area contributed by atoms with E-state index < -0.39 is 0 Å². The lowest BCUT2D eigenvalue weighted by atomic mass is 10.2. The Hall–Kier alpha value is -1.74. The maximum atomic E-state index is 5.97. The summed E-state index contributed by atoms with van der Waals surface area (Å²) in [6, 6.07) is 9.51. The van der Waals surface area contributed by atoms with Crippen molar-refractivity contribution in [2.75, 3.05) is 7.11 Å². The molecule has 0 fully saturated rings. The number of pyridine rings is 1. The smallest absolute Gasteiger partial charge is 0.161 e. The SMILES string of the molecule is COc1cc(C)ccc1OCc1cccnc1Cl. The van der Waals surface area contributed by atoms with E-state index in [0.717, 1.165) is 16.9 Å². The second-order valence-corrected chi connectivity index (χ2v) is 4.25. The van der Waals surface area contributed by atoms with Crippen LogP contribution in [0, 0.1) is 6.92 Å². The van der Waals surface area contributed by atoms with Gasteiger partial charge in [-0.2, -0.15) is 0 Å². The molecule has 2 rings (SSSR count). The number of methoxy groups -OCH3 is 1. The highest BCUT2D eigenvalue weighted by molar-refractivity contribution is 6.30. The molecule has 0 aliphatic heterocycles. The van der Waals surface area contributed by atoms with Gasteiger partial charge in [-0.1, -0.05) is 23.7 Å². The maximum Gasteiger partial charge on any atom is 0.161 e. The summed E-state index contributed by atoms with van der Waals surface area (Å²) in [5.74, 6) is 1.41. The van der Waals surface area contributed by atoms with Crippen molar-refractivity contribution in [2.24, 2.45) is 0 Å². The molecule has 0 saturated heterocycles. The van der Waals surface area contributed by atoms with Gasteiger partial charge in [-0.15, -0.1) is 0 Å². The molecule has 0 aliphatic carbocycles. The lowest BCUT2D eigenvalue weighted by Crippen LogP contribution is -1.99. The quantitative estimate of drug-likeness (QED) is 0.790. The third-order valence-electron chi connectivity index (χ3n) is 2.54. The van der Waals surface area contributed by atoms with Crippen molar-refractivity contribution in [1.29, 1.82) is 0 Å². The van der Waals surface area contributed by atoms with E-state index >= 15 is 0 Å². The number of hydrogen-bond donors (Lipinski definition) is 0. The summed E-state index contributed by atoms with van der Waals surface area (Å²) in [5, 5.41) is 0.462. The lowest BCUT2D eigenvalue weighted by Gasteiger charge is -2.11. The molecule has 18 heavy (non-hydrogen) atoms. The van der Waals surface area contributed by atoms with Gasteiger partial charge in [0.15, 0.2) is 11.5 Å². The molecule has 0 atom stereocenters. The zero-order valence-corrected chi connectivity index (χ0v) is 11.1. The summed E-state index contributed by atoms with van der Waals surface area (Å²) < 4.78 is 11.0. The van der Waals surface area contributed by atoms with Crippen LogP contribution in [0.3, 0.4) is 0 Å². The molecule has 0 amide bonds. The van der Waals surface area contributed by atoms with Crippen LogP contribution in [-0.2, 0) is 6.61 Å². The molecule has 0 N–H and O–H groups in total. The van der Waals surface area contributed by atoms with Crippen LogP contribution < -0.4 is 9.47 Å². The zero-order valence-electron chi connectivity index (χ0n) is 10.3. The number of nitrogens with zero attached hydrogens (tertiary/aromatic N) is 1. The van der Waals surface area contributed by atoms with Crippen LogP contribution in [0.4, 0.5) is 0 Å². The first-order chi connectivity index (χ1) is 8.70. The number of rotatable bonds is 4. The predicted octanol–water partition coefficient (Wildman–Crippen LogP) is 3.63. The van der Waals surface area contributed by atoms with Crippen LogP contribution in [0.2, 0.25) is 5.15 Å². The van der Waals surface area contributed by atoms with Crippen LogP contribution in [0.1, 0.15) is 11.1 Å². The average molecular weight is 264 g/mol. The van der Waals surface area contributed by atoms with Crippen LogP contribution in [-0.4, -0.2) is 12.1 Å². The van der Waals surface area contributed by atoms with E-state index in [0.29, 0.717) is 17.5 Å². The van der Waals surface area contributed by atoms with Crippen LogP contribution in [0.15, 0.2) is 36.5 Å². The minimum atomic E-state index is 0.367. The van der Waals surface area contributed by atoms with E-state index in [9.17, 15) is 0 Å². The lowest BCUT2D eigenvalue weighted by molar-refractivity contribution is 0.284. The molecule has 2 aromatic rings. The highest BCUT2D eigenvalue weighted by Gasteiger charge is 2.06. The van der Waals surface area contributed by atoms with Crippen molar-refractivity contribution < 1.29 is 9.47 Å². The highest BCUT2D eigenvalue weighted by atomic mass is 35.5. The monoisotopic (exact) mass is 263 g/mol. The van der Waals surface area contributed by atoms with E-state index in [2.05, 4.69) is 4.98 Å². The molecule has 0 radical (unpaired) electrons. The Balaban J connectivity index is 2.13. The second-order valence-electron chi connectivity index (χ2n) is 3.90. The third-order valence-corrected chi connectivity index (χ3v) is 2.88. The maximum absolute atomic E-state index is 5.97. The standard InChI is InChI=1S/C14H14ClNO2/c1-10-5-6-12(13(8-10)17-2)18-9-11-4-3-7-16-14(11)15/h3-8H,9H2,1-2H3. The van der Waals surface area contributed by atoms with Crippen molar-refractivity contribution in [1.82, 2.24) is 4.98 Å². The summed E-state index contributed by atoms with van der Waals surface area (Å²) in [6.07, 6.45) is 1.65. The van der Waals surface area contributed by atoms with Gasteiger partial charge < -0.3 is 9.47 Å². The van der Waals surface area contributed by atoms with Gasteiger partial charge in [0, 0.05) is 11.8 Å². The summed E-state index contributed by atoms with van der Waals surface area (Å²) >= 11 is 5.97. The molecule has 1 heterocycles. The molecular weight excluding hydrogens is 250 g/mol. The van der Waals surface area contributed by atoms with Gasteiger partial charge in [-0.3, -0.25) is 0 Å². The molecule has 1 aromatic carbocycles. The Morgan fingerprint density at radius 3 is 2.78 bits per heavy atom. The van der Waals surface area contributed by atoms with Crippen molar-refractivity contribution in [3.8, 4) is 11.5 Å². The van der Waals surface area contributed by atoms with Gasteiger partial charge in [0.2, 0.25) is 0 Å². The van der Waals surface area contributed by atoms with E-state index in [1.165, 1.54) is 0 Å². The van der Waals surface area contributed by atoms with Gasteiger partial charge in [0.05, 0.1) is 7.11 Å². The van der Waals surface area contributed by atoms with Crippen LogP contribution >= 0.6 is 11.6 Å². The predicted molar refractivity (Wildman–Crippen MR) is 71.3 cm³/mol. The molecular formula is C14H14ClNO2. The molecule has 1 aromatic heterocycles. The highest BCUT2D eigenvalue weighted by Crippen LogP contribution is 2.28. The molecule has 3 nitrogen and oxygen atoms in total. The van der Waals surface area contributed by atoms with Gasteiger partial charge in [0.25, 0.3) is 0 Å². The van der Waals surface area contributed by atoms with Crippen molar-refractivity contribution >= 4 is 11.6 Å². The fraction of sp³-hybridized carbons (Fsp3) is 0.214. The summed E-state index contributed by atoms with van der Waals surface area (Å²) in [5.41, 5.74) is 1.97. The first-order valence-electron chi connectivity index (χ1n) is 5.57. The topological polar surface area (TPSA) is 31.4 Å². The molecule has 0 unspecified atom stereocenters. The summed E-state index contributed by atoms with van der Waals surface area (Å²) in [6.45, 7) is 2.37. The van der Waals surface area contributed by atoms with E-state index in [4.69, 9.17) is 21.1 Å². The minimum absolute atomic E-state index is 0.367. The number of ether oxygens (including phenoxy) is 2.